The Morgan fingerprint density at radius 1 is 1.00 bits per heavy atom. The number of hydrogen-bond donors (Lipinski definition) is 0. The van der Waals surface area contributed by atoms with Gasteiger partial charge in [0.05, 0.1) is 44.0 Å². The Labute approximate surface area is 139 Å². The Balaban J connectivity index is 2.32. The van der Waals surface area contributed by atoms with Gasteiger partial charge in [0.1, 0.15) is 18.1 Å². The number of hydrogen-bond acceptors (Lipinski definition) is 5. The Morgan fingerprint density at radius 3 is 2.33 bits per heavy atom. The van der Waals surface area contributed by atoms with Crippen molar-refractivity contribution in [3.63, 3.8) is 0 Å². The number of para-hydroxylation sites is 1. The quantitative estimate of drug-likeness (QED) is 0.721. The van der Waals surface area contributed by atoms with Gasteiger partial charge in [0.15, 0.2) is 11.5 Å². The molecule has 6 nitrogen and oxygen atoms in total. The monoisotopic (exact) mass is 323 g/mol. The summed E-state index contributed by atoms with van der Waals surface area (Å²) in [6, 6.07) is 13.4. The molecule has 0 amide bonds. The molecule has 1 aromatic heterocycles. The fraction of sp³-hybridized carbons (Fsp3) is 0.222. The molecule has 0 aliphatic rings. The second-order valence-corrected chi connectivity index (χ2v) is 5.08. The molecule has 0 saturated heterocycles. The molecular weight excluding hydrogens is 306 g/mol. The van der Waals surface area contributed by atoms with Gasteiger partial charge in [-0.25, -0.2) is 4.98 Å². The molecule has 0 radical (unpaired) electrons. The third-order valence-electron chi connectivity index (χ3n) is 3.83. The predicted octanol–water partition coefficient (Wildman–Crippen LogP) is 3.25. The maximum atomic E-state index is 9.24. The van der Waals surface area contributed by atoms with Crippen LogP contribution in [0.1, 0.15) is 0 Å². The van der Waals surface area contributed by atoms with Crippen LogP contribution in [0, 0.1) is 11.3 Å². The van der Waals surface area contributed by atoms with Gasteiger partial charge in [-0.1, -0.05) is 12.1 Å². The molecule has 24 heavy (non-hydrogen) atoms. The van der Waals surface area contributed by atoms with Crippen LogP contribution in [0.4, 0.5) is 0 Å². The molecule has 3 rings (SSSR count). The van der Waals surface area contributed by atoms with Crippen LogP contribution >= 0.6 is 0 Å². The summed E-state index contributed by atoms with van der Waals surface area (Å²) >= 11 is 0. The SMILES string of the molecule is COc1cc2nc(-c3ccccc3OC)n(CC#N)c2cc1OC. The van der Waals surface area contributed by atoms with Crippen molar-refractivity contribution in [1.29, 1.82) is 5.26 Å². The minimum Gasteiger partial charge on any atom is -0.496 e. The zero-order valence-corrected chi connectivity index (χ0v) is 13.7. The summed E-state index contributed by atoms with van der Waals surface area (Å²) in [5.41, 5.74) is 2.35. The molecule has 0 atom stereocenters. The van der Waals surface area contributed by atoms with Crippen LogP contribution in [0.5, 0.6) is 17.2 Å². The topological polar surface area (TPSA) is 69.3 Å². The first-order valence-corrected chi connectivity index (χ1v) is 7.36. The summed E-state index contributed by atoms with van der Waals surface area (Å²) in [5.74, 6) is 2.55. The van der Waals surface area contributed by atoms with Crippen molar-refractivity contribution < 1.29 is 14.2 Å². The summed E-state index contributed by atoms with van der Waals surface area (Å²) in [7, 11) is 4.77. The third-order valence-corrected chi connectivity index (χ3v) is 3.83. The number of benzene rings is 2. The molecule has 0 unspecified atom stereocenters. The molecule has 1 heterocycles. The molecule has 2 aromatic carbocycles. The zero-order valence-electron chi connectivity index (χ0n) is 13.7. The first-order valence-electron chi connectivity index (χ1n) is 7.36. The van der Waals surface area contributed by atoms with E-state index in [4.69, 9.17) is 19.2 Å². The van der Waals surface area contributed by atoms with Crippen LogP contribution in [-0.2, 0) is 6.54 Å². The highest BCUT2D eigenvalue weighted by molar-refractivity contribution is 5.85. The van der Waals surface area contributed by atoms with Crippen molar-refractivity contribution >= 4 is 11.0 Å². The molecule has 0 N–H and O–H groups in total. The number of nitriles is 1. The first-order chi connectivity index (χ1) is 11.7. The van der Waals surface area contributed by atoms with E-state index in [-0.39, 0.29) is 6.54 Å². The second kappa shape index (κ2) is 6.50. The largest absolute Gasteiger partial charge is 0.496 e. The normalized spacial score (nSPS) is 10.4. The van der Waals surface area contributed by atoms with Crippen molar-refractivity contribution in [2.24, 2.45) is 0 Å². The Kier molecular flexibility index (Phi) is 4.25. The Morgan fingerprint density at radius 2 is 1.67 bits per heavy atom. The van der Waals surface area contributed by atoms with Crippen molar-refractivity contribution in [1.82, 2.24) is 9.55 Å². The molecule has 0 saturated carbocycles. The molecule has 122 valence electrons. The van der Waals surface area contributed by atoms with E-state index in [2.05, 4.69) is 6.07 Å². The molecule has 0 fully saturated rings. The lowest BCUT2D eigenvalue weighted by Crippen LogP contribution is -2.00. The van der Waals surface area contributed by atoms with Gasteiger partial charge in [0, 0.05) is 12.1 Å². The average molecular weight is 323 g/mol. The lowest BCUT2D eigenvalue weighted by atomic mass is 10.2. The molecule has 0 spiro atoms. The minimum atomic E-state index is 0.166. The van der Waals surface area contributed by atoms with Gasteiger partial charge in [0.2, 0.25) is 0 Å². The van der Waals surface area contributed by atoms with Crippen LogP contribution in [-0.4, -0.2) is 30.9 Å². The van der Waals surface area contributed by atoms with E-state index in [0.29, 0.717) is 23.1 Å². The van der Waals surface area contributed by atoms with Gasteiger partial charge in [-0.3, -0.25) is 0 Å². The molecule has 0 aliphatic heterocycles. The number of methoxy groups -OCH3 is 3. The van der Waals surface area contributed by atoms with E-state index in [1.807, 2.05) is 34.9 Å². The first kappa shape index (κ1) is 15.7. The van der Waals surface area contributed by atoms with E-state index in [0.717, 1.165) is 16.6 Å². The van der Waals surface area contributed by atoms with E-state index in [1.165, 1.54) is 0 Å². The van der Waals surface area contributed by atoms with Crippen molar-refractivity contribution in [3.8, 4) is 34.7 Å². The lowest BCUT2D eigenvalue weighted by Gasteiger charge is -2.10. The Bertz CT molecular complexity index is 925. The van der Waals surface area contributed by atoms with Crippen LogP contribution < -0.4 is 14.2 Å². The number of fused-ring (bicyclic) bond motifs is 1. The molecular formula is C18H17N3O3. The van der Waals surface area contributed by atoms with Gasteiger partial charge in [-0.05, 0) is 12.1 Å². The number of rotatable bonds is 5. The molecule has 3 aromatic rings. The highest BCUT2D eigenvalue weighted by Crippen LogP contribution is 2.36. The van der Waals surface area contributed by atoms with Gasteiger partial charge < -0.3 is 18.8 Å². The fourth-order valence-electron chi connectivity index (χ4n) is 2.72. The van der Waals surface area contributed by atoms with E-state index >= 15 is 0 Å². The van der Waals surface area contributed by atoms with Gasteiger partial charge in [-0.15, -0.1) is 0 Å². The number of imidazole rings is 1. The molecule has 0 aliphatic carbocycles. The number of aromatic nitrogens is 2. The van der Waals surface area contributed by atoms with Crippen LogP contribution in [0.15, 0.2) is 36.4 Å². The van der Waals surface area contributed by atoms with Crippen LogP contribution in [0.25, 0.3) is 22.4 Å². The standard InChI is InChI=1S/C18H17N3O3/c1-22-15-7-5-4-6-12(15)18-20-13-10-16(23-2)17(24-3)11-14(13)21(18)9-8-19/h4-7,10-11H,9H2,1-3H3. The summed E-state index contributed by atoms with van der Waals surface area (Å²) < 4.78 is 18.0. The van der Waals surface area contributed by atoms with Gasteiger partial charge in [0.25, 0.3) is 0 Å². The molecule has 6 heteroatoms. The summed E-state index contributed by atoms with van der Waals surface area (Å²) in [4.78, 5) is 4.69. The zero-order chi connectivity index (χ0) is 17.1. The van der Waals surface area contributed by atoms with Crippen LogP contribution in [0.2, 0.25) is 0 Å². The van der Waals surface area contributed by atoms with E-state index in [1.54, 1.807) is 27.4 Å². The highest BCUT2D eigenvalue weighted by atomic mass is 16.5. The Hall–Kier alpha value is -3.20. The minimum absolute atomic E-state index is 0.166. The maximum absolute atomic E-state index is 9.24. The summed E-state index contributed by atoms with van der Waals surface area (Å²) in [5, 5.41) is 9.24. The van der Waals surface area contributed by atoms with Crippen molar-refractivity contribution in [3.05, 3.63) is 36.4 Å². The van der Waals surface area contributed by atoms with Crippen molar-refractivity contribution in [2.45, 2.75) is 6.54 Å². The average Bonchev–Trinajstić information content (AvgIpc) is 2.98. The third kappa shape index (κ3) is 2.50. The molecule has 0 bridgehead atoms. The highest BCUT2D eigenvalue weighted by Gasteiger charge is 2.18. The second-order valence-electron chi connectivity index (χ2n) is 5.08. The van der Waals surface area contributed by atoms with Crippen LogP contribution in [0.3, 0.4) is 0 Å². The van der Waals surface area contributed by atoms with E-state index in [9.17, 15) is 5.26 Å². The van der Waals surface area contributed by atoms with Gasteiger partial charge >= 0.3 is 0 Å². The summed E-state index contributed by atoms with van der Waals surface area (Å²) in [6.07, 6.45) is 0. The summed E-state index contributed by atoms with van der Waals surface area (Å²) in [6.45, 7) is 0.166. The van der Waals surface area contributed by atoms with Gasteiger partial charge in [-0.2, -0.15) is 5.26 Å². The van der Waals surface area contributed by atoms with E-state index < -0.39 is 0 Å². The lowest BCUT2D eigenvalue weighted by molar-refractivity contribution is 0.355. The van der Waals surface area contributed by atoms with Crippen molar-refractivity contribution in [2.75, 3.05) is 21.3 Å². The maximum Gasteiger partial charge on any atom is 0.163 e. The predicted molar refractivity (Wildman–Crippen MR) is 90.4 cm³/mol. The number of nitrogens with zero attached hydrogens (tertiary/aromatic N) is 3. The smallest absolute Gasteiger partial charge is 0.163 e. The number of ether oxygens (including phenoxy) is 3. The fourth-order valence-corrected chi connectivity index (χ4v) is 2.72.